The van der Waals surface area contributed by atoms with Crippen molar-refractivity contribution in [2.75, 3.05) is 31.1 Å². The summed E-state index contributed by atoms with van der Waals surface area (Å²) in [5, 5.41) is 11.6. The Balaban J connectivity index is 1.29. The number of rotatable bonds is 6. The molecule has 3 aromatic rings. The van der Waals surface area contributed by atoms with Gasteiger partial charge in [-0.05, 0) is 18.2 Å². The van der Waals surface area contributed by atoms with Gasteiger partial charge in [-0.2, -0.15) is 0 Å². The smallest absolute Gasteiger partial charge is 0.271 e. The number of nitro groups is 1. The summed E-state index contributed by atoms with van der Waals surface area (Å²) in [5.41, 5.74) is 1.64. The number of piperazine rings is 1. The quantitative estimate of drug-likeness (QED) is 0.421. The molecule has 0 bridgehead atoms. The number of halogens is 1. The molecule has 31 heavy (non-hydrogen) atoms. The molecule has 8 nitrogen and oxygen atoms in total. The molecule has 0 saturated carbocycles. The lowest BCUT2D eigenvalue weighted by Gasteiger charge is -2.36. The summed E-state index contributed by atoms with van der Waals surface area (Å²) in [6.45, 7) is 2.39. The number of hydrogen-bond acceptors (Lipinski definition) is 6. The largest absolute Gasteiger partial charge is 0.441 e. The van der Waals surface area contributed by atoms with Crippen LogP contribution in [0.4, 0.5) is 11.4 Å². The molecule has 1 aromatic heterocycles. The van der Waals surface area contributed by atoms with Crippen LogP contribution in [-0.2, 0) is 11.2 Å². The van der Waals surface area contributed by atoms with E-state index in [1.54, 1.807) is 24.4 Å². The second kappa shape index (κ2) is 9.18. The van der Waals surface area contributed by atoms with Crippen LogP contribution in [0.25, 0.3) is 11.3 Å². The minimum Gasteiger partial charge on any atom is -0.441 e. The van der Waals surface area contributed by atoms with E-state index in [4.69, 9.17) is 16.0 Å². The van der Waals surface area contributed by atoms with Gasteiger partial charge in [0.25, 0.3) is 5.69 Å². The van der Waals surface area contributed by atoms with Crippen LogP contribution in [-0.4, -0.2) is 46.9 Å². The second-order valence-corrected chi connectivity index (χ2v) is 7.65. The third-order valence-corrected chi connectivity index (χ3v) is 5.61. The van der Waals surface area contributed by atoms with Gasteiger partial charge in [-0.1, -0.05) is 29.8 Å². The average Bonchev–Trinajstić information content (AvgIpc) is 3.27. The van der Waals surface area contributed by atoms with Crippen molar-refractivity contribution in [2.24, 2.45) is 0 Å². The highest BCUT2D eigenvalue weighted by Crippen LogP contribution is 2.28. The Morgan fingerprint density at radius 2 is 1.90 bits per heavy atom. The summed E-state index contributed by atoms with van der Waals surface area (Å²) in [6.07, 6.45) is 2.34. The molecular weight excluding hydrogens is 420 g/mol. The average molecular weight is 441 g/mol. The third kappa shape index (κ3) is 4.86. The van der Waals surface area contributed by atoms with E-state index in [1.165, 1.54) is 6.07 Å². The Kier molecular flexibility index (Phi) is 6.18. The normalized spacial score (nSPS) is 14.0. The SMILES string of the molecule is O=C(CCc1ncc(-c2ccccc2Cl)o1)N1CCN(c2cccc([N+](=O)[O-])c2)CC1. The molecule has 0 radical (unpaired) electrons. The molecule has 2 aromatic carbocycles. The van der Waals surface area contributed by atoms with Gasteiger partial charge in [-0.25, -0.2) is 4.98 Å². The number of amides is 1. The number of nitrogens with zero attached hydrogens (tertiary/aromatic N) is 4. The van der Waals surface area contributed by atoms with Gasteiger partial charge in [-0.3, -0.25) is 14.9 Å². The van der Waals surface area contributed by atoms with Crippen LogP contribution in [0, 0.1) is 10.1 Å². The van der Waals surface area contributed by atoms with E-state index >= 15 is 0 Å². The first-order valence-corrected chi connectivity index (χ1v) is 10.4. The molecule has 1 fully saturated rings. The van der Waals surface area contributed by atoms with Gasteiger partial charge >= 0.3 is 0 Å². The number of benzene rings is 2. The second-order valence-electron chi connectivity index (χ2n) is 7.24. The van der Waals surface area contributed by atoms with Gasteiger partial charge in [0.1, 0.15) is 0 Å². The van der Waals surface area contributed by atoms with Gasteiger partial charge in [-0.15, -0.1) is 0 Å². The fourth-order valence-electron chi connectivity index (χ4n) is 3.60. The number of oxazole rings is 1. The van der Waals surface area contributed by atoms with Crippen LogP contribution < -0.4 is 4.90 Å². The molecule has 0 unspecified atom stereocenters. The minimum absolute atomic E-state index is 0.0381. The number of hydrogen-bond donors (Lipinski definition) is 0. The molecule has 2 heterocycles. The third-order valence-electron chi connectivity index (χ3n) is 5.28. The van der Waals surface area contributed by atoms with Crippen LogP contribution in [0.2, 0.25) is 5.02 Å². The van der Waals surface area contributed by atoms with Crippen molar-refractivity contribution in [1.82, 2.24) is 9.88 Å². The lowest BCUT2D eigenvalue weighted by molar-refractivity contribution is -0.384. The zero-order chi connectivity index (χ0) is 21.8. The summed E-state index contributed by atoms with van der Waals surface area (Å²) < 4.78 is 5.76. The summed E-state index contributed by atoms with van der Waals surface area (Å²) in [5.74, 6) is 1.12. The van der Waals surface area contributed by atoms with E-state index in [1.807, 2.05) is 29.2 Å². The Bertz CT molecular complexity index is 1090. The molecule has 0 atom stereocenters. The molecule has 0 N–H and O–H groups in total. The topological polar surface area (TPSA) is 92.7 Å². The lowest BCUT2D eigenvalue weighted by Crippen LogP contribution is -2.48. The van der Waals surface area contributed by atoms with E-state index in [0.29, 0.717) is 55.7 Å². The van der Waals surface area contributed by atoms with Gasteiger partial charge in [0.05, 0.1) is 16.1 Å². The minimum atomic E-state index is -0.400. The Morgan fingerprint density at radius 3 is 2.65 bits per heavy atom. The predicted octanol–water partition coefficient (Wildman–Crippen LogP) is 4.18. The van der Waals surface area contributed by atoms with E-state index in [9.17, 15) is 14.9 Å². The van der Waals surface area contributed by atoms with Gasteiger partial charge in [0.15, 0.2) is 11.7 Å². The van der Waals surface area contributed by atoms with E-state index in [-0.39, 0.29) is 11.6 Å². The van der Waals surface area contributed by atoms with E-state index in [2.05, 4.69) is 9.88 Å². The van der Waals surface area contributed by atoms with Crippen molar-refractivity contribution in [2.45, 2.75) is 12.8 Å². The summed E-state index contributed by atoms with van der Waals surface area (Å²) >= 11 is 6.19. The summed E-state index contributed by atoms with van der Waals surface area (Å²) in [6, 6.07) is 13.9. The number of nitro benzene ring substituents is 1. The maximum atomic E-state index is 12.6. The molecular formula is C22H21ClN4O4. The Morgan fingerprint density at radius 1 is 1.13 bits per heavy atom. The van der Waals surface area contributed by atoms with Crippen LogP contribution >= 0.6 is 11.6 Å². The molecule has 1 amide bonds. The van der Waals surface area contributed by atoms with Crippen molar-refractivity contribution in [1.29, 1.82) is 0 Å². The zero-order valence-electron chi connectivity index (χ0n) is 16.7. The number of non-ortho nitro benzene ring substituents is 1. The van der Waals surface area contributed by atoms with Crippen molar-refractivity contribution in [3.05, 3.63) is 75.8 Å². The van der Waals surface area contributed by atoms with Crippen molar-refractivity contribution in [3.8, 4) is 11.3 Å². The maximum Gasteiger partial charge on any atom is 0.271 e. The molecule has 0 aliphatic carbocycles. The number of aromatic nitrogens is 1. The van der Waals surface area contributed by atoms with Crippen LogP contribution in [0.1, 0.15) is 12.3 Å². The monoisotopic (exact) mass is 440 g/mol. The standard InChI is InChI=1S/C22H21ClN4O4/c23-19-7-2-1-6-18(19)20-15-24-21(31-20)8-9-22(28)26-12-10-25(11-13-26)16-4-3-5-17(14-16)27(29)30/h1-7,14-15H,8-13H2. The van der Waals surface area contributed by atoms with Gasteiger partial charge < -0.3 is 14.2 Å². The van der Waals surface area contributed by atoms with Crippen LogP contribution in [0.5, 0.6) is 0 Å². The van der Waals surface area contributed by atoms with Crippen LogP contribution in [0.15, 0.2) is 59.1 Å². The number of carbonyl (C=O) groups is 1. The number of aryl methyl sites for hydroxylation is 1. The molecule has 160 valence electrons. The molecule has 1 aliphatic heterocycles. The molecule has 1 aliphatic rings. The lowest BCUT2D eigenvalue weighted by atomic mass is 10.2. The van der Waals surface area contributed by atoms with Gasteiger partial charge in [0, 0.05) is 62.4 Å². The number of anilines is 1. The maximum absolute atomic E-state index is 12.6. The van der Waals surface area contributed by atoms with Crippen LogP contribution in [0.3, 0.4) is 0 Å². The first-order valence-electron chi connectivity index (χ1n) is 9.98. The fourth-order valence-corrected chi connectivity index (χ4v) is 3.83. The molecule has 1 saturated heterocycles. The summed E-state index contributed by atoms with van der Waals surface area (Å²) in [4.78, 5) is 31.3. The van der Waals surface area contributed by atoms with Crippen molar-refractivity contribution in [3.63, 3.8) is 0 Å². The molecule has 4 rings (SSSR count). The highest BCUT2D eigenvalue weighted by molar-refractivity contribution is 6.33. The molecule has 9 heteroatoms. The summed E-state index contributed by atoms with van der Waals surface area (Å²) in [7, 11) is 0. The fraction of sp³-hybridized carbons (Fsp3) is 0.273. The highest BCUT2D eigenvalue weighted by Gasteiger charge is 2.22. The van der Waals surface area contributed by atoms with Crippen molar-refractivity contribution >= 4 is 28.9 Å². The number of carbonyl (C=O) groups excluding carboxylic acids is 1. The van der Waals surface area contributed by atoms with Crippen molar-refractivity contribution < 1.29 is 14.1 Å². The van der Waals surface area contributed by atoms with E-state index in [0.717, 1.165) is 11.3 Å². The molecule has 0 spiro atoms. The predicted molar refractivity (Wildman–Crippen MR) is 117 cm³/mol. The zero-order valence-corrected chi connectivity index (χ0v) is 17.5. The first-order chi connectivity index (χ1) is 15.0. The highest BCUT2D eigenvalue weighted by atomic mass is 35.5. The first kappa shape index (κ1) is 20.9. The Labute approximate surface area is 184 Å². The van der Waals surface area contributed by atoms with E-state index < -0.39 is 4.92 Å². The Hall–Kier alpha value is -3.39. The van der Waals surface area contributed by atoms with Gasteiger partial charge in [0.2, 0.25) is 5.91 Å².